The molecule has 0 atom stereocenters. The van der Waals surface area contributed by atoms with Gasteiger partial charge in [-0.25, -0.2) is 4.79 Å². The number of nitrogens with one attached hydrogen (secondary N) is 2. The van der Waals surface area contributed by atoms with E-state index < -0.39 is 5.69 Å². The lowest BCUT2D eigenvalue weighted by molar-refractivity contribution is 0.269. The third-order valence-corrected chi connectivity index (χ3v) is 3.17. The van der Waals surface area contributed by atoms with E-state index in [0.29, 0.717) is 30.2 Å². The van der Waals surface area contributed by atoms with Crippen LogP contribution in [0.25, 0.3) is 0 Å². The van der Waals surface area contributed by atoms with Crippen LogP contribution in [0.5, 0.6) is 5.75 Å². The number of H-pyrrole nitrogens is 2. The summed E-state index contributed by atoms with van der Waals surface area (Å²) in [4.78, 5) is 28.0. The summed E-state index contributed by atoms with van der Waals surface area (Å²) in [6.45, 7) is 6.51. The summed E-state index contributed by atoms with van der Waals surface area (Å²) in [5, 5.41) is 0. The van der Waals surface area contributed by atoms with E-state index in [0.717, 1.165) is 11.3 Å². The second-order valence-corrected chi connectivity index (χ2v) is 5.50. The number of para-hydroxylation sites is 1. The average molecular weight is 288 g/mol. The summed E-state index contributed by atoms with van der Waals surface area (Å²) in [5.74, 6) is 1.20. The van der Waals surface area contributed by atoms with Crippen molar-refractivity contribution in [1.29, 1.82) is 0 Å². The highest BCUT2D eigenvalue weighted by Crippen LogP contribution is 2.21. The maximum Gasteiger partial charge on any atom is 0.325 e. The van der Waals surface area contributed by atoms with Crippen molar-refractivity contribution >= 4 is 0 Å². The van der Waals surface area contributed by atoms with E-state index in [1.165, 1.54) is 0 Å². The molecular weight excluding hydrogens is 268 g/mol. The molecule has 0 bridgehead atoms. The lowest BCUT2D eigenvalue weighted by atomic mass is 10.0. The summed E-state index contributed by atoms with van der Waals surface area (Å²) < 4.78 is 5.79. The van der Waals surface area contributed by atoms with Gasteiger partial charge in [0.05, 0.1) is 6.61 Å². The molecule has 0 amide bonds. The summed E-state index contributed by atoms with van der Waals surface area (Å²) in [6, 6.07) is 7.64. The first-order valence-electron chi connectivity index (χ1n) is 7.00. The van der Waals surface area contributed by atoms with Crippen LogP contribution in [0.3, 0.4) is 0 Å². The van der Waals surface area contributed by atoms with E-state index in [4.69, 9.17) is 4.74 Å². The number of ether oxygens (including phenoxy) is 1. The van der Waals surface area contributed by atoms with Crippen molar-refractivity contribution in [2.24, 2.45) is 5.92 Å². The zero-order valence-electron chi connectivity index (χ0n) is 12.5. The maximum atomic E-state index is 11.9. The maximum absolute atomic E-state index is 11.9. The molecule has 0 unspecified atom stereocenters. The summed E-state index contributed by atoms with van der Waals surface area (Å²) in [5.41, 5.74) is 1.23. The third kappa shape index (κ3) is 3.84. The molecule has 5 heteroatoms. The first kappa shape index (κ1) is 15.1. The van der Waals surface area contributed by atoms with Crippen LogP contribution in [0.2, 0.25) is 0 Å². The molecule has 2 aromatic rings. The van der Waals surface area contributed by atoms with E-state index in [2.05, 4.69) is 23.8 Å². The van der Waals surface area contributed by atoms with E-state index in [-0.39, 0.29) is 5.56 Å². The quantitative estimate of drug-likeness (QED) is 0.883. The van der Waals surface area contributed by atoms with Crippen LogP contribution in [0.4, 0.5) is 0 Å². The molecule has 1 aromatic carbocycles. The molecule has 0 aliphatic rings. The van der Waals surface area contributed by atoms with Crippen LogP contribution in [-0.4, -0.2) is 16.6 Å². The molecule has 0 saturated carbocycles. The Morgan fingerprint density at radius 1 is 1.14 bits per heavy atom. The molecule has 5 nitrogen and oxygen atoms in total. The van der Waals surface area contributed by atoms with Crippen LogP contribution in [0.15, 0.2) is 33.9 Å². The zero-order valence-corrected chi connectivity index (χ0v) is 12.5. The minimum Gasteiger partial charge on any atom is -0.493 e. The Kier molecular flexibility index (Phi) is 4.62. The van der Waals surface area contributed by atoms with Crippen LogP contribution < -0.4 is 16.0 Å². The van der Waals surface area contributed by atoms with Crippen molar-refractivity contribution in [3.8, 4) is 5.75 Å². The van der Waals surface area contributed by atoms with Crippen molar-refractivity contribution in [3.05, 3.63) is 61.9 Å². The van der Waals surface area contributed by atoms with Gasteiger partial charge in [0.1, 0.15) is 5.75 Å². The van der Waals surface area contributed by atoms with Crippen molar-refractivity contribution in [1.82, 2.24) is 9.97 Å². The molecule has 21 heavy (non-hydrogen) atoms. The van der Waals surface area contributed by atoms with E-state index in [1.54, 1.807) is 6.92 Å². The summed E-state index contributed by atoms with van der Waals surface area (Å²) in [7, 11) is 0. The first-order valence-corrected chi connectivity index (χ1v) is 7.00. The number of rotatable bonds is 5. The van der Waals surface area contributed by atoms with Gasteiger partial charge < -0.3 is 9.72 Å². The van der Waals surface area contributed by atoms with Crippen LogP contribution in [0.1, 0.15) is 30.7 Å². The predicted octanol–water partition coefficient (Wildman–Crippen LogP) is 2.00. The standard InChI is InChI=1S/C16H20N2O3/c1-10(2)9-21-14-7-5-4-6-12(14)8-13-11(3)17-16(20)18-15(13)19/h4-7,10H,8-9H2,1-3H3,(H2,17,18,19,20). The van der Waals surface area contributed by atoms with Crippen LogP contribution >= 0.6 is 0 Å². The normalized spacial score (nSPS) is 10.9. The van der Waals surface area contributed by atoms with Gasteiger partial charge in [0, 0.05) is 17.7 Å². The van der Waals surface area contributed by atoms with E-state index in [1.807, 2.05) is 24.3 Å². The first-order chi connectivity index (χ1) is 9.97. The Labute approximate surface area is 123 Å². The SMILES string of the molecule is Cc1[nH]c(=O)[nH]c(=O)c1Cc1ccccc1OCC(C)C. The van der Waals surface area contributed by atoms with Gasteiger partial charge in [-0.1, -0.05) is 32.0 Å². The molecule has 0 radical (unpaired) electrons. The minimum absolute atomic E-state index is 0.352. The van der Waals surface area contributed by atoms with Gasteiger partial charge >= 0.3 is 5.69 Å². The highest BCUT2D eigenvalue weighted by atomic mass is 16.5. The molecule has 2 rings (SSSR count). The summed E-state index contributed by atoms with van der Waals surface area (Å²) >= 11 is 0. The van der Waals surface area contributed by atoms with Crippen molar-refractivity contribution in [2.75, 3.05) is 6.61 Å². The third-order valence-electron chi connectivity index (χ3n) is 3.17. The van der Waals surface area contributed by atoms with E-state index in [9.17, 15) is 9.59 Å². The Bertz CT molecular complexity index is 729. The fraction of sp³-hybridized carbons (Fsp3) is 0.375. The molecule has 0 saturated heterocycles. The van der Waals surface area contributed by atoms with Gasteiger partial charge in [0.25, 0.3) is 5.56 Å². The molecule has 112 valence electrons. The Balaban J connectivity index is 2.32. The number of hydrogen-bond donors (Lipinski definition) is 2. The largest absolute Gasteiger partial charge is 0.493 e. The van der Waals surface area contributed by atoms with Gasteiger partial charge in [0.15, 0.2) is 0 Å². The van der Waals surface area contributed by atoms with Gasteiger partial charge in [0.2, 0.25) is 0 Å². The molecule has 1 aromatic heterocycles. The van der Waals surface area contributed by atoms with Gasteiger partial charge in [-0.2, -0.15) is 0 Å². The molecule has 0 aliphatic heterocycles. The number of aromatic amines is 2. The molecule has 0 spiro atoms. The highest BCUT2D eigenvalue weighted by Gasteiger charge is 2.11. The predicted molar refractivity (Wildman–Crippen MR) is 82.0 cm³/mol. The van der Waals surface area contributed by atoms with Crippen LogP contribution in [-0.2, 0) is 6.42 Å². The molecule has 0 aliphatic carbocycles. The second kappa shape index (κ2) is 6.43. The molecule has 0 fully saturated rings. The van der Waals surface area contributed by atoms with Crippen molar-refractivity contribution in [2.45, 2.75) is 27.2 Å². The van der Waals surface area contributed by atoms with E-state index >= 15 is 0 Å². The smallest absolute Gasteiger partial charge is 0.325 e. The number of hydrogen-bond acceptors (Lipinski definition) is 3. The fourth-order valence-corrected chi connectivity index (χ4v) is 2.08. The Hall–Kier alpha value is -2.30. The lowest BCUT2D eigenvalue weighted by Crippen LogP contribution is -2.27. The number of aryl methyl sites for hydroxylation is 1. The topological polar surface area (TPSA) is 75.0 Å². The van der Waals surface area contributed by atoms with Crippen LogP contribution in [0, 0.1) is 12.8 Å². The van der Waals surface area contributed by atoms with Gasteiger partial charge in [-0.05, 0) is 24.5 Å². The van der Waals surface area contributed by atoms with Crippen molar-refractivity contribution < 1.29 is 4.74 Å². The summed E-state index contributed by atoms with van der Waals surface area (Å²) in [6.07, 6.45) is 0.423. The van der Waals surface area contributed by atoms with Crippen molar-refractivity contribution in [3.63, 3.8) is 0 Å². The molecule has 1 heterocycles. The second-order valence-electron chi connectivity index (χ2n) is 5.50. The number of benzene rings is 1. The number of aromatic nitrogens is 2. The van der Waals surface area contributed by atoms with Gasteiger partial charge in [-0.3, -0.25) is 9.78 Å². The Morgan fingerprint density at radius 3 is 2.52 bits per heavy atom. The monoisotopic (exact) mass is 288 g/mol. The van der Waals surface area contributed by atoms with Gasteiger partial charge in [-0.15, -0.1) is 0 Å². The molecular formula is C16H20N2O3. The molecule has 2 N–H and O–H groups in total. The fourth-order valence-electron chi connectivity index (χ4n) is 2.08. The highest BCUT2D eigenvalue weighted by molar-refractivity contribution is 5.37. The zero-order chi connectivity index (χ0) is 15.4. The minimum atomic E-state index is -0.481. The lowest BCUT2D eigenvalue weighted by Gasteiger charge is -2.13. The Morgan fingerprint density at radius 2 is 1.86 bits per heavy atom. The average Bonchev–Trinajstić information content (AvgIpc) is 2.41.